The van der Waals surface area contributed by atoms with Gasteiger partial charge in [-0.3, -0.25) is 9.59 Å². The van der Waals surface area contributed by atoms with Crippen molar-refractivity contribution in [1.82, 2.24) is 4.98 Å². The van der Waals surface area contributed by atoms with Crippen molar-refractivity contribution in [2.75, 3.05) is 7.11 Å². The van der Waals surface area contributed by atoms with E-state index in [1.807, 2.05) is 0 Å². The summed E-state index contributed by atoms with van der Waals surface area (Å²) in [6, 6.07) is 11.1. The highest BCUT2D eigenvalue weighted by Gasteiger charge is 2.14. The van der Waals surface area contributed by atoms with Crippen LogP contribution in [0.4, 0.5) is 0 Å². The third-order valence-corrected chi connectivity index (χ3v) is 3.77. The van der Waals surface area contributed by atoms with Gasteiger partial charge in [-0.15, -0.1) is 0 Å². The molecule has 6 heteroatoms. The van der Waals surface area contributed by atoms with Crippen LogP contribution in [0.3, 0.4) is 0 Å². The van der Waals surface area contributed by atoms with Crippen molar-refractivity contribution < 1.29 is 9.84 Å². The van der Waals surface area contributed by atoms with Crippen LogP contribution in [0, 0.1) is 0 Å². The number of nitrogens with one attached hydrogen (secondary N) is 1. The van der Waals surface area contributed by atoms with E-state index in [1.54, 1.807) is 36.4 Å². The molecule has 0 fully saturated rings. The van der Waals surface area contributed by atoms with E-state index in [4.69, 9.17) is 16.3 Å². The van der Waals surface area contributed by atoms with Gasteiger partial charge in [-0.2, -0.15) is 0 Å². The van der Waals surface area contributed by atoms with Gasteiger partial charge < -0.3 is 14.8 Å². The summed E-state index contributed by atoms with van der Waals surface area (Å²) in [5.74, 6) is 0.330. The average Bonchev–Trinajstić information content (AvgIpc) is 2.63. The van der Waals surface area contributed by atoms with Gasteiger partial charge in [0.1, 0.15) is 11.5 Å². The molecule has 0 radical (unpaired) electrons. The monoisotopic (exact) mass is 329 g/mol. The fraction of sp³-hybridized carbons (Fsp3) is 0.0588. The minimum Gasteiger partial charge on any atom is -0.506 e. The Kier molecular flexibility index (Phi) is 3.80. The lowest BCUT2D eigenvalue weighted by atomic mass is 10.0. The van der Waals surface area contributed by atoms with Crippen LogP contribution >= 0.6 is 11.6 Å². The van der Waals surface area contributed by atoms with Gasteiger partial charge in [-0.05, 0) is 35.9 Å². The smallest absolute Gasteiger partial charge is 0.296 e. The maximum Gasteiger partial charge on any atom is 0.296 e. The summed E-state index contributed by atoms with van der Waals surface area (Å²) in [5.41, 5.74) is -1.00. The maximum absolute atomic E-state index is 12.4. The van der Waals surface area contributed by atoms with E-state index in [1.165, 1.54) is 13.2 Å². The van der Waals surface area contributed by atoms with Crippen molar-refractivity contribution in [3.63, 3.8) is 0 Å². The van der Waals surface area contributed by atoms with Gasteiger partial charge in [0.2, 0.25) is 0 Å². The molecule has 2 N–H and O–H groups in total. The quantitative estimate of drug-likeness (QED) is 0.708. The van der Waals surface area contributed by atoms with Crippen LogP contribution in [0.2, 0.25) is 5.02 Å². The second-order valence-electron chi connectivity index (χ2n) is 4.93. The van der Waals surface area contributed by atoms with Gasteiger partial charge in [-0.25, -0.2) is 0 Å². The van der Waals surface area contributed by atoms with Crippen molar-refractivity contribution in [3.8, 4) is 22.6 Å². The Morgan fingerprint density at radius 3 is 2.43 bits per heavy atom. The molecule has 1 aromatic heterocycles. The van der Waals surface area contributed by atoms with Gasteiger partial charge in [0.05, 0.1) is 18.2 Å². The number of aromatic hydroxyl groups is 1. The average molecular weight is 330 g/mol. The minimum absolute atomic E-state index is 0.0637. The highest BCUT2D eigenvalue weighted by molar-refractivity contribution is 6.31. The lowest BCUT2D eigenvalue weighted by Gasteiger charge is -2.04. The topological polar surface area (TPSA) is 79.4 Å². The molecular weight excluding hydrogens is 318 g/mol. The first kappa shape index (κ1) is 15.1. The van der Waals surface area contributed by atoms with Crippen LogP contribution in [0.1, 0.15) is 0 Å². The van der Waals surface area contributed by atoms with Crippen molar-refractivity contribution in [1.29, 1.82) is 0 Å². The molecular formula is C17H12ClNO4. The zero-order valence-corrected chi connectivity index (χ0v) is 12.8. The zero-order valence-electron chi connectivity index (χ0n) is 12.1. The van der Waals surface area contributed by atoms with Gasteiger partial charge in [-0.1, -0.05) is 23.7 Å². The highest BCUT2D eigenvalue weighted by atomic mass is 35.5. The molecule has 1 heterocycles. The number of benzene rings is 2. The molecule has 0 aliphatic heterocycles. The number of fused-ring (bicyclic) bond motifs is 1. The lowest BCUT2D eigenvalue weighted by Crippen LogP contribution is -2.24. The molecule has 3 rings (SSSR count). The van der Waals surface area contributed by atoms with E-state index in [2.05, 4.69) is 4.98 Å². The largest absolute Gasteiger partial charge is 0.506 e. The van der Waals surface area contributed by atoms with E-state index < -0.39 is 11.0 Å². The summed E-state index contributed by atoms with van der Waals surface area (Å²) in [4.78, 5) is 26.9. The number of hydrogen-bond donors (Lipinski definition) is 2. The Morgan fingerprint density at radius 2 is 1.78 bits per heavy atom. The van der Waals surface area contributed by atoms with Crippen LogP contribution in [0.15, 0.2) is 52.1 Å². The summed E-state index contributed by atoms with van der Waals surface area (Å²) in [6.45, 7) is 0. The van der Waals surface area contributed by atoms with Crippen molar-refractivity contribution in [3.05, 3.63) is 68.1 Å². The fourth-order valence-electron chi connectivity index (χ4n) is 2.39. The predicted molar refractivity (Wildman–Crippen MR) is 89.5 cm³/mol. The van der Waals surface area contributed by atoms with Gasteiger partial charge >= 0.3 is 0 Å². The third-order valence-electron chi connectivity index (χ3n) is 3.53. The molecule has 0 aliphatic carbocycles. The first-order valence-electron chi connectivity index (χ1n) is 6.74. The summed E-state index contributed by atoms with van der Waals surface area (Å²) in [6.07, 6.45) is 0. The second kappa shape index (κ2) is 5.78. The summed E-state index contributed by atoms with van der Waals surface area (Å²) in [7, 11) is 1.52. The number of aromatic nitrogens is 1. The van der Waals surface area contributed by atoms with Crippen molar-refractivity contribution >= 4 is 22.5 Å². The first-order valence-corrected chi connectivity index (χ1v) is 7.12. The summed E-state index contributed by atoms with van der Waals surface area (Å²) in [5, 5.41) is 11.3. The van der Waals surface area contributed by atoms with E-state index >= 15 is 0 Å². The van der Waals surface area contributed by atoms with Gasteiger partial charge in [0.15, 0.2) is 0 Å². The van der Waals surface area contributed by atoms with Crippen molar-refractivity contribution in [2.24, 2.45) is 0 Å². The molecule has 0 saturated carbocycles. The first-order chi connectivity index (χ1) is 11.0. The number of H-pyrrole nitrogens is 1. The molecule has 0 aliphatic rings. The van der Waals surface area contributed by atoms with Gasteiger partial charge in [0, 0.05) is 10.4 Å². The molecule has 3 aromatic rings. The molecule has 0 bridgehead atoms. The number of methoxy groups -OCH3 is 1. The normalized spacial score (nSPS) is 10.7. The van der Waals surface area contributed by atoms with Crippen LogP contribution in [-0.4, -0.2) is 17.2 Å². The molecule has 0 spiro atoms. The SMILES string of the molecule is COc1ccc(-c2c(O)c3ccc(Cl)cc3[nH]c(=O)c2=O)cc1. The van der Waals surface area contributed by atoms with E-state index in [0.29, 0.717) is 21.7 Å². The molecule has 0 atom stereocenters. The summed E-state index contributed by atoms with van der Waals surface area (Å²) < 4.78 is 5.07. The second-order valence-corrected chi connectivity index (χ2v) is 5.36. The lowest BCUT2D eigenvalue weighted by molar-refractivity contribution is 0.415. The Bertz CT molecular complexity index is 1010. The Balaban J connectivity index is 2.42. The molecule has 0 saturated heterocycles. The molecule has 23 heavy (non-hydrogen) atoms. The zero-order chi connectivity index (χ0) is 16.6. The van der Waals surface area contributed by atoms with E-state index in [9.17, 15) is 14.7 Å². The van der Waals surface area contributed by atoms with Crippen LogP contribution < -0.4 is 15.7 Å². The van der Waals surface area contributed by atoms with Crippen LogP contribution in [0.5, 0.6) is 11.5 Å². The number of hydrogen-bond acceptors (Lipinski definition) is 4. The highest BCUT2D eigenvalue weighted by Crippen LogP contribution is 2.32. The minimum atomic E-state index is -0.830. The van der Waals surface area contributed by atoms with Gasteiger partial charge in [0.25, 0.3) is 11.0 Å². The van der Waals surface area contributed by atoms with E-state index in [0.717, 1.165) is 0 Å². The number of ether oxygens (including phenoxy) is 1. The van der Waals surface area contributed by atoms with Crippen LogP contribution in [0.25, 0.3) is 22.0 Å². The molecule has 0 amide bonds. The Hall–Kier alpha value is -2.79. The molecule has 5 nitrogen and oxygen atoms in total. The van der Waals surface area contributed by atoms with Crippen LogP contribution in [-0.2, 0) is 0 Å². The van der Waals surface area contributed by atoms with E-state index in [-0.39, 0.29) is 16.8 Å². The maximum atomic E-state index is 12.4. The number of aromatic amines is 1. The summed E-state index contributed by atoms with van der Waals surface area (Å²) >= 11 is 5.90. The molecule has 0 unspecified atom stereocenters. The molecule has 116 valence electrons. The van der Waals surface area contributed by atoms with Crippen molar-refractivity contribution in [2.45, 2.75) is 0 Å². The predicted octanol–water partition coefficient (Wildman–Crippen LogP) is 2.92. The third kappa shape index (κ3) is 2.66. The number of halogens is 1. The Labute approximate surface area is 135 Å². The Morgan fingerprint density at radius 1 is 1.09 bits per heavy atom. The fourth-order valence-corrected chi connectivity index (χ4v) is 2.56. The number of rotatable bonds is 2. The standard InChI is InChI=1S/C17H12ClNO4/c1-23-11-5-2-9(3-6-11)14-15(20)12-7-4-10(18)8-13(12)19-17(22)16(14)21/h2-8,20H,1H3,(H,19,21,22). The molecule has 2 aromatic carbocycles.